The molecule has 4 aliphatic carbocycles. The third kappa shape index (κ3) is 6.10. The number of hydrogen-bond acceptors (Lipinski definition) is 0. The zero-order valence-electron chi connectivity index (χ0n) is 23.9. The van der Waals surface area contributed by atoms with Crippen LogP contribution >= 0.6 is 0 Å². The second-order valence-corrected chi connectivity index (χ2v) is 49.9. The van der Waals surface area contributed by atoms with E-state index >= 15 is 0 Å². The van der Waals surface area contributed by atoms with Gasteiger partial charge in [-0.2, -0.15) is 0 Å². The van der Waals surface area contributed by atoms with Gasteiger partial charge in [-0.15, -0.1) is 0 Å². The summed E-state index contributed by atoms with van der Waals surface area (Å²) >= 11 is -3.28. The molecule has 208 valence electrons. The van der Waals surface area contributed by atoms with Crippen LogP contribution in [0.2, 0.25) is 0 Å². The first-order chi connectivity index (χ1) is 19.7. The second-order valence-electron chi connectivity index (χ2n) is 11.4. The van der Waals surface area contributed by atoms with E-state index in [2.05, 4.69) is 146 Å². The van der Waals surface area contributed by atoms with Crippen LogP contribution in [0.5, 0.6) is 0 Å². The Hall–Kier alpha value is -1.41. The molecule has 6 heteroatoms. The normalized spacial score (nSPS) is 21.0. The van der Waals surface area contributed by atoms with Crippen molar-refractivity contribution in [3.63, 3.8) is 0 Å². The van der Waals surface area contributed by atoms with Crippen molar-refractivity contribution in [3.05, 3.63) is 166 Å². The standard InChI is InChI=1S/4C9H7.2ClH.2Hf.2H3Si/c4*1-2-5-9-7-3-6-8(9)4-1;;;;;;/h4*1-7H;2*1H;;;2*1H3/q;;;;;;2*+1;;/p-2. The van der Waals surface area contributed by atoms with Gasteiger partial charge in [0.1, 0.15) is 0 Å². The molecular weight excluding hydrogens is 916 g/mol. The van der Waals surface area contributed by atoms with E-state index in [1.54, 1.807) is 22.3 Å². The van der Waals surface area contributed by atoms with E-state index in [1.165, 1.54) is 37.1 Å². The van der Waals surface area contributed by atoms with E-state index in [1.807, 2.05) is 0 Å². The zero-order valence-corrected chi connectivity index (χ0v) is 36.6. The first-order valence-electron chi connectivity index (χ1n) is 14.4. The number of benzene rings is 4. The number of halogens is 2. The van der Waals surface area contributed by atoms with E-state index in [4.69, 9.17) is 0 Å². The second kappa shape index (κ2) is 14.1. The van der Waals surface area contributed by atoms with Gasteiger partial charge < -0.3 is 24.8 Å². The Bertz CT molecular complexity index is 1450. The van der Waals surface area contributed by atoms with Crippen LogP contribution in [-0.2, 0) is 41.2 Å². The molecule has 0 bridgehead atoms. The first-order valence-corrected chi connectivity index (χ1v) is 46.3. The van der Waals surface area contributed by atoms with Gasteiger partial charge in [0.2, 0.25) is 0 Å². The molecule has 4 atom stereocenters. The summed E-state index contributed by atoms with van der Waals surface area (Å²) in [5, 5.41) is 0. The van der Waals surface area contributed by atoms with Crippen molar-refractivity contribution >= 4 is 39.2 Å². The van der Waals surface area contributed by atoms with Gasteiger partial charge in [0.25, 0.3) is 0 Å². The van der Waals surface area contributed by atoms with Gasteiger partial charge in [0, 0.05) is 0 Å². The molecule has 0 aliphatic heterocycles. The van der Waals surface area contributed by atoms with Crippen molar-refractivity contribution in [2.24, 2.45) is 0 Å². The van der Waals surface area contributed by atoms with Crippen LogP contribution in [0.4, 0.5) is 0 Å². The van der Waals surface area contributed by atoms with Crippen molar-refractivity contribution in [2.75, 3.05) is 0 Å². The minimum absolute atomic E-state index is 0. The average Bonchev–Trinajstić information content (AvgIpc) is 3.80. The summed E-state index contributed by atoms with van der Waals surface area (Å²) in [5.41, 5.74) is 12.3. The van der Waals surface area contributed by atoms with Crippen molar-refractivity contribution in [2.45, 2.75) is 14.7 Å². The molecule has 0 N–H and O–H groups in total. The van der Waals surface area contributed by atoms with Gasteiger partial charge in [0.15, 0.2) is 0 Å². The molecule has 0 aromatic heterocycles. The molecule has 4 aromatic carbocycles. The Morgan fingerprint density at radius 3 is 0.810 bits per heavy atom. The van der Waals surface area contributed by atoms with E-state index < -0.39 is 41.2 Å². The fourth-order valence-corrected chi connectivity index (χ4v) is 42.8. The fourth-order valence-electron chi connectivity index (χ4n) is 6.97. The summed E-state index contributed by atoms with van der Waals surface area (Å²) in [6.07, 6.45) is 19.5. The summed E-state index contributed by atoms with van der Waals surface area (Å²) in [6, 6.07) is 36.0. The quantitative estimate of drug-likeness (QED) is 0.267. The molecule has 0 spiro atoms. The van der Waals surface area contributed by atoms with Crippen molar-refractivity contribution in [1.29, 1.82) is 0 Å². The third-order valence-electron chi connectivity index (χ3n) is 9.16. The maximum absolute atomic E-state index is 2.51. The summed E-state index contributed by atoms with van der Waals surface area (Å²) in [7, 11) is 2.84. The maximum atomic E-state index is 2.51. The van der Waals surface area contributed by atoms with E-state index in [9.17, 15) is 0 Å². The number of rotatable bonds is 4. The fraction of sp³-hybridized carbons (Fsp3) is 0.111. The summed E-state index contributed by atoms with van der Waals surface area (Å²) < 4.78 is 3.24. The molecule has 0 nitrogen and oxygen atoms in total. The number of fused-ring (bicyclic) bond motifs is 4. The Kier molecular flexibility index (Phi) is 10.8. The molecule has 4 unspecified atom stereocenters. The molecule has 0 fully saturated rings. The predicted molar refractivity (Wildman–Crippen MR) is 173 cm³/mol. The van der Waals surface area contributed by atoms with Crippen molar-refractivity contribution in [3.8, 4) is 0 Å². The number of hydrogen-bond donors (Lipinski definition) is 0. The van der Waals surface area contributed by atoms with Crippen LogP contribution in [0.25, 0.3) is 24.3 Å². The van der Waals surface area contributed by atoms with Crippen LogP contribution < -0.4 is 24.8 Å². The van der Waals surface area contributed by atoms with E-state index in [0.717, 1.165) is 14.7 Å². The molecule has 8 rings (SSSR count). The molecule has 0 heterocycles. The van der Waals surface area contributed by atoms with Gasteiger partial charge in [-0.3, -0.25) is 0 Å². The Morgan fingerprint density at radius 2 is 0.571 bits per heavy atom. The predicted octanol–water partition coefficient (Wildman–Crippen LogP) is 0.850. The summed E-state index contributed by atoms with van der Waals surface area (Å²) in [6.45, 7) is 0. The minimum atomic E-state index is -1.64. The van der Waals surface area contributed by atoms with E-state index in [0.29, 0.717) is 0 Å². The number of allylic oxidation sites excluding steroid dienone is 4. The van der Waals surface area contributed by atoms with Crippen LogP contribution in [-0.4, -0.2) is 14.9 Å². The average molecular weight is 951 g/mol. The monoisotopic (exact) mass is 952 g/mol. The first kappa shape index (κ1) is 32.0. The van der Waals surface area contributed by atoms with Gasteiger partial charge in [-0.25, -0.2) is 0 Å². The summed E-state index contributed by atoms with van der Waals surface area (Å²) in [5.74, 6) is 0. The van der Waals surface area contributed by atoms with E-state index in [-0.39, 0.29) is 24.8 Å². The van der Waals surface area contributed by atoms with Gasteiger partial charge in [-0.1, -0.05) is 0 Å². The molecule has 4 aliphatic rings. The molecule has 42 heavy (non-hydrogen) atoms. The van der Waals surface area contributed by atoms with Crippen molar-refractivity contribution < 1.29 is 66.0 Å². The third-order valence-corrected chi connectivity index (χ3v) is 50.9. The Balaban J connectivity index is 0.000000160. The summed E-state index contributed by atoms with van der Waals surface area (Å²) in [4.78, 5) is 0. The van der Waals surface area contributed by atoms with Crippen LogP contribution in [0.1, 0.15) is 59.2 Å². The molecule has 0 amide bonds. The van der Waals surface area contributed by atoms with Crippen molar-refractivity contribution in [1.82, 2.24) is 0 Å². The molecule has 0 saturated heterocycles. The van der Waals surface area contributed by atoms with Gasteiger partial charge in [0.05, 0.1) is 0 Å². The molecular formula is C36H34Cl2Hf2Si2. The van der Waals surface area contributed by atoms with Crippen LogP contribution in [0, 0.1) is 0 Å². The molecule has 0 radical (unpaired) electrons. The topological polar surface area (TPSA) is 0 Å². The molecule has 0 saturated carbocycles. The van der Waals surface area contributed by atoms with Gasteiger partial charge >= 0.3 is 261 Å². The Labute approximate surface area is 282 Å². The molecule has 4 aromatic rings. The SMILES string of the molecule is [Cl-].[Cl-].[SiH3][Hf+]([CH]1C=Cc2ccccc21)[CH]1C=Cc2ccccc21.[SiH3][Hf+]([CH]1C=Cc2ccccc21)[CH]1C=Cc2ccccc21. The van der Waals surface area contributed by atoms with Crippen LogP contribution in [0.15, 0.2) is 121 Å². The Morgan fingerprint density at radius 1 is 0.357 bits per heavy atom. The van der Waals surface area contributed by atoms with Crippen LogP contribution in [0.3, 0.4) is 0 Å². The van der Waals surface area contributed by atoms with Gasteiger partial charge in [-0.05, 0) is 0 Å². The zero-order chi connectivity index (χ0) is 27.1.